The van der Waals surface area contributed by atoms with Crippen molar-refractivity contribution in [2.24, 2.45) is 11.8 Å². The molecule has 0 saturated carbocycles. The van der Waals surface area contributed by atoms with Crippen molar-refractivity contribution in [1.29, 1.82) is 0 Å². The average molecular weight is 601 g/mol. The van der Waals surface area contributed by atoms with Crippen LogP contribution in [0.15, 0.2) is 72.8 Å². The second-order valence-corrected chi connectivity index (χ2v) is 11.3. The normalized spacial score (nSPS) is 22.4. The number of carbonyl (C=O) groups is 1. The number of rotatable bonds is 10. The van der Waals surface area contributed by atoms with Gasteiger partial charge in [0.05, 0.1) is 24.6 Å². The third-order valence-corrected chi connectivity index (χ3v) is 8.32. The van der Waals surface area contributed by atoms with E-state index in [2.05, 4.69) is 12.1 Å². The number of halogens is 4. The van der Waals surface area contributed by atoms with Crippen LogP contribution in [0.1, 0.15) is 31.7 Å². The quantitative estimate of drug-likeness (QED) is 0.254. The molecule has 5 rings (SSSR count). The van der Waals surface area contributed by atoms with E-state index in [4.69, 9.17) is 9.47 Å². The number of carboxylic acids is 1. The predicted molar refractivity (Wildman–Crippen MR) is 156 cm³/mol. The van der Waals surface area contributed by atoms with Crippen LogP contribution in [0.2, 0.25) is 0 Å². The molecule has 0 spiro atoms. The second kappa shape index (κ2) is 13.1. The summed E-state index contributed by atoms with van der Waals surface area (Å²) in [5, 5.41) is 9.27. The summed E-state index contributed by atoms with van der Waals surface area (Å²) in [6.07, 6.45) is -3.82. The third kappa shape index (κ3) is 7.53. The van der Waals surface area contributed by atoms with Gasteiger partial charge in [0.25, 0.3) is 0 Å². The van der Waals surface area contributed by atoms with Gasteiger partial charge in [-0.15, -0.1) is 0 Å². The topological polar surface area (TPSA) is 62.2 Å². The number of hydrogen-bond donors (Lipinski definition) is 1. The summed E-state index contributed by atoms with van der Waals surface area (Å²) in [6.45, 7) is 3.22. The first-order valence-electron chi connectivity index (χ1n) is 14.6. The summed E-state index contributed by atoms with van der Waals surface area (Å²) in [5.41, 5.74) is 2.16. The number of benzene rings is 3. The first-order valence-corrected chi connectivity index (χ1v) is 14.6. The molecule has 0 amide bonds. The molecule has 2 heterocycles. The summed E-state index contributed by atoms with van der Waals surface area (Å²) in [7, 11) is 0. The second-order valence-electron chi connectivity index (χ2n) is 11.3. The molecule has 2 saturated heterocycles. The fourth-order valence-electron chi connectivity index (χ4n) is 6.24. The largest absolute Gasteiger partial charge is 0.494 e. The minimum atomic E-state index is -4.38. The van der Waals surface area contributed by atoms with Gasteiger partial charge in [-0.2, -0.15) is 13.2 Å². The van der Waals surface area contributed by atoms with Gasteiger partial charge in [-0.25, -0.2) is 4.39 Å². The molecule has 1 N–H and O–H groups in total. The van der Waals surface area contributed by atoms with E-state index in [1.165, 1.54) is 11.0 Å². The van der Waals surface area contributed by atoms with E-state index in [0.29, 0.717) is 49.0 Å². The molecule has 3 aromatic rings. The van der Waals surface area contributed by atoms with E-state index in [-0.39, 0.29) is 37.2 Å². The van der Waals surface area contributed by atoms with Crippen LogP contribution in [-0.4, -0.2) is 55.6 Å². The molecular formula is C33H36F4N2O4. The summed E-state index contributed by atoms with van der Waals surface area (Å²) in [6, 6.07) is 20.9. The fraction of sp³-hybridized carbons (Fsp3) is 0.424. The highest BCUT2D eigenvalue weighted by atomic mass is 19.4. The van der Waals surface area contributed by atoms with Gasteiger partial charge < -0.3 is 24.4 Å². The van der Waals surface area contributed by atoms with E-state index in [0.717, 1.165) is 12.0 Å². The Balaban J connectivity index is 1.32. The Morgan fingerprint density at radius 2 is 1.72 bits per heavy atom. The molecule has 0 unspecified atom stereocenters. The van der Waals surface area contributed by atoms with Gasteiger partial charge in [-0.05, 0) is 61.7 Å². The fourth-order valence-corrected chi connectivity index (χ4v) is 6.24. The lowest BCUT2D eigenvalue weighted by molar-refractivity contribution is -0.169. The van der Waals surface area contributed by atoms with Crippen molar-refractivity contribution in [3.05, 3.63) is 84.2 Å². The average Bonchev–Trinajstić information content (AvgIpc) is 3.40. The summed E-state index contributed by atoms with van der Waals surface area (Å²) in [5.74, 6) is -1.80. The Bertz CT molecular complexity index is 1370. The van der Waals surface area contributed by atoms with Crippen LogP contribution in [0.5, 0.6) is 11.5 Å². The Morgan fingerprint density at radius 1 is 1.00 bits per heavy atom. The zero-order valence-electron chi connectivity index (χ0n) is 24.0. The number of piperidine rings is 1. The maximum atomic E-state index is 14.9. The summed E-state index contributed by atoms with van der Waals surface area (Å²) >= 11 is 0. The van der Waals surface area contributed by atoms with Crippen molar-refractivity contribution in [3.63, 3.8) is 0 Å². The highest BCUT2D eigenvalue weighted by molar-refractivity contribution is 5.69. The molecule has 2 fully saturated rings. The zero-order valence-corrected chi connectivity index (χ0v) is 24.0. The molecule has 4 atom stereocenters. The van der Waals surface area contributed by atoms with Crippen molar-refractivity contribution in [2.45, 2.75) is 50.9 Å². The van der Waals surface area contributed by atoms with Crippen LogP contribution < -0.4 is 19.3 Å². The number of nitrogens with zero attached hydrogens (tertiary/aromatic N) is 2. The number of hydrogen-bond acceptors (Lipinski definition) is 5. The molecule has 6 nitrogen and oxygen atoms in total. The van der Waals surface area contributed by atoms with Gasteiger partial charge in [-0.1, -0.05) is 30.3 Å². The predicted octanol–water partition coefficient (Wildman–Crippen LogP) is 6.97. The van der Waals surface area contributed by atoms with Crippen LogP contribution in [0.4, 0.5) is 28.9 Å². The number of aliphatic carboxylic acids is 1. The van der Waals surface area contributed by atoms with Gasteiger partial charge in [-0.3, -0.25) is 4.79 Å². The lowest BCUT2D eigenvalue weighted by atomic mass is 9.88. The van der Waals surface area contributed by atoms with Crippen LogP contribution in [0, 0.1) is 17.7 Å². The van der Waals surface area contributed by atoms with E-state index < -0.39 is 24.1 Å². The van der Waals surface area contributed by atoms with Crippen LogP contribution in [0.3, 0.4) is 0 Å². The first kappa shape index (κ1) is 30.5. The molecule has 10 heteroatoms. The molecule has 0 radical (unpaired) electrons. The summed E-state index contributed by atoms with van der Waals surface area (Å²) < 4.78 is 67.4. The standard InChI is InChI=1S/C33H36F4N2O4/c1-2-42-28-12-13-29(34)30(19-28)38-15-14-31(23(20-38)16-22-6-4-3-5-7-22)43-27-10-8-25(9-11-27)39-21-24(33(35,36)37)17-26(39)18-32(40)41/h3-13,19,23-24,26,31H,2,14-18,20-21H2,1H3,(H,40,41)/t23-,24-,26-,31-/m1/s1. The van der Waals surface area contributed by atoms with Crippen LogP contribution >= 0.6 is 0 Å². The molecule has 43 heavy (non-hydrogen) atoms. The van der Waals surface area contributed by atoms with E-state index in [1.807, 2.05) is 30.0 Å². The van der Waals surface area contributed by atoms with E-state index >= 15 is 0 Å². The highest BCUT2D eigenvalue weighted by Gasteiger charge is 2.48. The van der Waals surface area contributed by atoms with Crippen molar-refractivity contribution >= 4 is 17.3 Å². The maximum Gasteiger partial charge on any atom is 0.393 e. The van der Waals surface area contributed by atoms with Crippen LogP contribution in [0.25, 0.3) is 0 Å². The highest BCUT2D eigenvalue weighted by Crippen LogP contribution is 2.40. The number of anilines is 2. The Kier molecular flexibility index (Phi) is 9.32. The number of carboxylic acid groups (broad SMARTS) is 1. The molecule has 0 bridgehead atoms. The first-order chi connectivity index (χ1) is 20.6. The van der Waals surface area contributed by atoms with Crippen molar-refractivity contribution < 1.29 is 36.9 Å². The summed E-state index contributed by atoms with van der Waals surface area (Å²) in [4.78, 5) is 14.9. The molecular weight excluding hydrogens is 564 g/mol. The van der Waals surface area contributed by atoms with Crippen molar-refractivity contribution in [1.82, 2.24) is 0 Å². The van der Waals surface area contributed by atoms with E-state index in [9.17, 15) is 27.5 Å². The Labute approximate surface area is 248 Å². The number of alkyl halides is 3. The molecule has 230 valence electrons. The lowest BCUT2D eigenvalue weighted by Crippen LogP contribution is -2.46. The Morgan fingerprint density at radius 3 is 2.40 bits per heavy atom. The van der Waals surface area contributed by atoms with Gasteiger partial charge in [0.2, 0.25) is 0 Å². The van der Waals surface area contributed by atoms with Crippen molar-refractivity contribution in [2.75, 3.05) is 36.0 Å². The monoisotopic (exact) mass is 600 g/mol. The molecule has 2 aliphatic heterocycles. The van der Waals surface area contributed by atoms with Gasteiger partial charge in [0.15, 0.2) is 0 Å². The maximum absolute atomic E-state index is 14.9. The number of ether oxygens (including phenoxy) is 2. The third-order valence-electron chi connectivity index (χ3n) is 8.32. The van der Waals surface area contributed by atoms with Crippen LogP contribution in [-0.2, 0) is 11.2 Å². The Hall–Kier alpha value is -3.95. The van der Waals surface area contributed by atoms with Crippen molar-refractivity contribution in [3.8, 4) is 11.5 Å². The van der Waals surface area contributed by atoms with Gasteiger partial charge in [0.1, 0.15) is 23.4 Å². The molecule has 0 aliphatic carbocycles. The molecule has 3 aromatic carbocycles. The van der Waals surface area contributed by atoms with Gasteiger partial charge in [0, 0.05) is 49.8 Å². The SMILES string of the molecule is CCOc1ccc(F)c(N2CC[C@@H](Oc3ccc(N4C[C@H](C(F)(F)F)C[C@@H]4CC(=O)O)cc3)[C@H](Cc3ccccc3)C2)c1. The minimum Gasteiger partial charge on any atom is -0.494 e. The molecule has 0 aromatic heterocycles. The zero-order chi connectivity index (χ0) is 30.6. The smallest absolute Gasteiger partial charge is 0.393 e. The molecule has 2 aliphatic rings. The minimum absolute atomic E-state index is 0.0250. The lowest BCUT2D eigenvalue weighted by Gasteiger charge is -2.40. The van der Waals surface area contributed by atoms with Gasteiger partial charge >= 0.3 is 12.1 Å². The van der Waals surface area contributed by atoms with E-state index in [1.54, 1.807) is 36.4 Å².